The van der Waals surface area contributed by atoms with Crippen molar-refractivity contribution in [2.75, 3.05) is 0 Å². The van der Waals surface area contributed by atoms with Crippen LogP contribution in [0, 0.1) is 0 Å². The van der Waals surface area contributed by atoms with Crippen molar-refractivity contribution < 1.29 is 0 Å². The molecule has 86 valence electrons. The summed E-state index contributed by atoms with van der Waals surface area (Å²) in [5.74, 6) is 1.35. The van der Waals surface area contributed by atoms with E-state index in [4.69, 9.17) is 0 Å². The molecule has 0 bridgehead atoms. The van der Waals surface area contributed by atoms with Gasteiger partial charge < -0.3 is 4.98 Å². The number of aromatic amines is 2. The van der Waals surface area contributed by atoms with Gasteiger partial charge in [0.15, 0.2) is 0 Å². The highest BCUT2D eigenvalue weighted by Crippen LogP contribution is 2.24. The van der Waals surface area contributed by atoms with Crippen molar-refractivity contribution in [3.05, 3.63) is 23.8 Å². The molecule has 0 amide bonds. The fourth-order valence-electron chi connectivity index (χ4n) is 1.82. The second-order valence-electron chi connectivity index (χ2n) is 4.36. The number of nitrogens with one attached hydrogen (secondary N) is 2. The van der Waals surface area contributed by atoms with Crippen molar-refractivity contribution in [2.45, 2.75) is 39.5 Å². The molecule has 4 nitrogen and oxygen atoms in total. The van der Waals surface area contributed by atoms with Crippen LogP contribution in [0.4, 0.5) is 0 Å². The van der Waals surface area contributed by atoms with Crippen LogP contribution < -0.4 is 0 Å². The van der Waals surface area contributed by atoms with E-state index in [-0.39, 0.29) is 0 Å². The molecule has 2 aromatic heterocycles. The average molecular weight is 218 g/mol. The van der Waals surface area contributed by atoms with Gasteiger partial charge in [0, 0.05) is 17.6 Å². The Morgan fingerprint density at radius 2 is 2.12 bits per heavy atom. The van der Waals surface area contributed by atoms with Crippen molar-refractivity contribution in [3.63, 3.8) is 0 Å². The first kappa shape index (κ1) is 10.9. The molecule has 2 heterocycles. The van der Waals surface area contributed by atoms with E-state index in [1.54, 1.807) is 0 Å². The molecule has 0 spiro atoms. The third kappa shape index (κ3) is 2.01. The molecule has 0 fully saturated rings. The molecule has 2 N–H and O–H groups in total. The lowest BCUT2D eigenvalue weighted by molar-refractivity contribution is 0.811. The Balaban J connectivity index is 2.31. The molecular weight excluding hydrogens is 200 g/mol. The van der Waals surface area contributed by atoms with E-state index in [1.165, 1.54) is 5.69 Å². The van der Waals surface area contributed by atoms with Crippen molar-refractivity contribution in [1.29, 1.82) is 0 Å². The standard InChI is InChI=1S/C12H18N4/c1-4-5-9-6-13-12(15-9)10-7-14-16-11(10)8(2)3/h6-8H,4-5H2,1-3H3,(H,13,15)(H,14,16). The molecule has 0 atom stereocenters. The van der Waals surface area contributed by atoms with Crippen LogP contribution in [0.1, 0.15) is 44.5 Å². The maximum Gasteiger partial charge on any atom is 0.140 e. The summed E-state index contributed by atoms with van der Waals surface area (Å²) < 4.78 is 0. The van der Waals surface area contributed by atoms with Crippen LogP contribution >= 0.6 is 0 Å². The number of hydrogen-bond donors (Lipinski definition) is 2. The second-order valence-corrected chi connectivity index (χ2v) is 4.36. The van der Waals surface area contributed by atoms with Gasteiger partial charge in [0.2, 0.25) is 0 Å². The van der Waals surface area contributed by atoms with E-state index >= 15 is 0 Å². The number of imidazole rings is 1. The van der Waals surface area contributed by atoms with Gasteiger partial charge in [-0.2, -0.15) is 5.10 Å². The van der Waals surface area contributed by atoms with Gasteiger partial charge in [-0.15, -0.1) is 0 Å². The van der Waals surface area contributed by atoms with Gasteiger partial charge in [-0.1, -0.05) is 27.2 Å². The predicted octanol–water partition coefficient (Wildman–Crippen LogP) is 2.88. The highest BCUT2D eigenvalue weighted by atomic mass is 15.1. The molecule has 0 saturated heterocycles. The smallest absolute Gasteiger partial charge is 0.140 e. The Bertz CT molecular complexity index is 453. The SMILES string of the molecule is CCCc1cnc(-c2cn[nH]c2C(C)C)[nH]1. The predicted molar refractivity (Wildman–Crippen MR) is 64.3 cm³/mol. The molecule has 0 saturated carbocycles. The molecule has 0 aliphatic carbocycles. The Hall–Kier alpha value is -1.58. The maximum atomic E-state index is 4.40. The van der Waals surface area contributed by atoms with Crippen molar-refractivity contribution in [3.8, 4) is 11.4 Å². The normalized spacial score (nSPS) is 11.2. The average Bonchev–Trinajstić information content (AvgIpc) is 2.83. The minimum absolute atomic E-state index is 0.428. The molecule has 0 aliphatic rings. The quantitative estimate of drug-likeness (QED) is 0.829. The first-order chi connectivity index (χ1) is 7.72. The number of hydrogen-bond acceptors (Lipinski definition) is 2. The van der Waals surface area contributed by atoms with Gasteiger partial charge >= 0.3 is 0 Å². The molecule has 0 radical (unpaired) electrons. The van der Waals surface area contributed by atoms with E-state index in [9.17, 15) is 0 Å². The van der Waals surface area contributed by atoms with Crippen LogP contribution in [0.25, 0.3) is 11.4 Å². The topological polar surface area (TPSA) is 57.4 Å². The summed E-state index contributed by atoms with van der Waals surface area (Å²) in [6, 6.07) is 0. The molecular formula is C12H18N4. The third-order valence-corrected chi connectivity index (χ3v) is 2.65. The second kappa shape index (κ2) is 4.51. The molecule has 16 heavy (non-hydrogen) atoms. The number of aromatic nitrogens is 4. The van der Waals surface area contributed by atoms with E-state index in [0.717, 1.165) is 29.9 Å². The fraction of sp³-hybridized carbons (Fsp3) is 0.500. The van der Waals surface area contributed by atoms with E-state index in [0.29, 0.717) is 5.92 Å². The maximum absolute atomic E-state index is 4.40. The molecule has 4 heteroatoms. The summed E-state index contributed by atoms with van der Waals surface area (Å²) in [6.45, 7) is 6.46. The molecule has 2 rings (SSSR count). The van der Waals surface area contributed by atoms with Crippen LogP contribution in [-0.4, -0.2) is 20.2 Å². The highest BCUT2D eigenvalue weighted by Gasteiger charge is 2.13. The third-order valence-electron chi connectivity index (χ3n) is 2.65. The van der Waals surface area contributed by atoms with Gasteiger partial charge in [-0.25, -0.2) is 4.98 Å². The zero-order valence-corrected chi connectivity index (χ0v) is 10.0. The number of H-pyrrole nitrogens is 2. The zero-order chi connectivity index (χ0) is 11.5. The van der Waals surface area contributed by atoms with Gasteiger partial charge in [0.1, 0.15) is 5.82 Å². The summed E-state index contributed by atoms with van der Waals surface area (Å²) in [7, 11) is 0. The van der Waals surface area contributed by atoms with E-state index in [1.807, 2.05) is 12.4 Å². The summed E-state index contributed by atoms with van der Waals surface area (Å²) >= 11 is 0. The van der Waals surface area contributed by atoms with Gasteiger partial charge in [0.25, 0.3) is 0 Å². The summed E-state index contributed by atoms with van der Waals surface area (Å²) in [5.41, 5.74) is 3.41. The Morgan fingerprint density at radius 1 is 1.31 bits per heavy atom. The summed E-state index contributed by atoms with van der Waals surface area (Å²) in [4.78, 5) is 7.75. The molecule has 2 aromatic rings. The lowest BCUT2D eigenvalue weighted by Crippen LogP contribution is -1.92. The van der Waals surface area contributed by atoms with Gasteiger partial charge in [0.05, 0.1) is 11.8 Å². The number of aryl methyl sites for hydroxylation is 1. The first-order valence-corrected chi connectivity index (χ1v) is 5.79. The first-order valence-electron chi connectivity index (χ1n) is 5.79. The molecule has 0 aromatic carbocycles. The van der Waals surface area contributed by atoms with Crippen LogP contribution in [0.2, 0.25) is 0 Å². The Labute approximate surface area is 95.5 Å². The number of nitrogens with zero attached hydrogens (tertiary/aromatic N) is 2. The van der Waals surface area contributed by atoms with Crippen molar-refractivity contribution >= 4 is 0 Å². The molecule has 0 aliphatic heterocycles. The minimum atomic E-state index is 0.428. The lowest BCUT2D eigenvalue weighted by atomic mass is 10.1. The van der Waals surface area contributed by atoms with Crippen LogP contribution in [0.5, 0.6) is 0 Å². The highest BCUT2D eigenvalue weighted by molar-refractivity contribution is 5.58. The van der Waals surface area contributed by atoms with E-state index < -0.39 is 0 Å². The Kier molecular flexibility index (Phi) is 3.08. The zero-order valence-electron chi connectivity index (χ0n) is 10.0. The van der Waals surface area contributed by atoms with Crippen molar-refractivity contribution in [2.24, 2.45) is 0 Å². The molecule has 0 unspecified atom stereocenters. The summed E-state index contributed by atoms with van der Waals surface area (Å²) in [5, 5.41) is 7.12. The Morgan fingerprint density at radius 3 is 2.81 bits per heavy atom. The van der Waals surface area contributed by atoms with Crippen molar-refractivity contribution in [1.82, 2.24) is 20.2 Å². The van der Waals surface area contributed by atoms with Gasteiger partial charge in [-0.3, -0.25) is 5.10 Å². The van der Waals surface area contributed by atoms with E-state index in [2.05, 4.69) is 40.9 Å². The minimum Gasteiger partial charge on any atom is -0.342 e. The largest absolute Gasteiger partial charge is 0.342 e. The summed E-state index contributed by atoms with van der Waals surface area (Å²) in [6.07, 6.45) is 5.92. The van der Waals surface area contributed by atoms with Gasteiger partial charge in [-0.05, 0) is 12.3 Å². The fourth-order valence-corrected chi connectivity index (χ4v) is 1.82. The van der Waals surface area contributed by atoms with Crippen LogP contribution in [0.3, 0.4) is 0 Å². The van der Waals surface area contributed by atoms with Crippen LogP contribution in [0.15, 0.2) is 12.4 Å². The monoisotopic (exact) mass is 218 g/mol. The lowest BCUT2D eigenvalue weighted by Gasteiger charge is -2.03. The van der Waals surface area contributed by atoms with Crippen LogP contribution in [-0.2, 0) is 6.42 Å². The number of rotatable bonds is 4.